The highest BCUT2D eigenvalue weighted by molar-refractivity contribution is 5.50. The maximum atomic E-state index is 5.93. The normalized spacial score (nSPS) is 11.9. The molecule has 0 aliphatic carbocycles. The zero-order valence-electron chi connectivity index (χ0n) is 10.4. The van der Waals surface area contributed by atoms with E-state index < -0.39 is 0 Å². The summed E-state index contributed by atoms with van der Waals surface area (Å²) in [6.45, 7) is 2.02. The maximum Gasteiger partial charge on any atom is 0.233 e. The number of aromatic nitrogens is 2. The van der Waals surface area contributed by atoms with Crippen molar-refractivity contribution in [2.75, 3.05) is 18.2 Å². The van der Waals surface area contributed by atoms with E-state index in [-0.39, 0.29) is 6.04 Å². The van der Waals surface area contributed by atoms with Gasteiger partial charge in [0.05, 0.1) is 25.5 Å². The molecule has 1 unspecified atom stereocenters. The molecule has 1 aromatic carbocycles. The molecule has 0 bridgehead atoms. The molecule has 1 atom stereocenters. The summed E-state index contributed by atoms with van der Waals surface area (Å²) >= 11 is 0. The monoisotopic (exact) mass is 244 g/mol. The predicted octanol–water partition coefficient (Wildman–Crippen LogP) is 2.24. The predicted molar refractivity (Wildman–Crippen MR) is 71.5 cm³/mol. The fourth-order valence-corrected chi connectivity index (χ4v) is 1.72. The Morgan fingerprint density at radius 2 is 2.06 bits per heavy atom. The number of nitrogens with two attached hydrogens (primary N) is 1. The van der Waals surface area contributed by atoms with Gasteiger partial charge in [-0.05, 0) is 18.6 Å². The molecular weight excluding hydrogens is 228 g/mol. The van der Waals surface area contributed by atoms with Crippen molar-refractivity contribution in [3.8, 4) is 5.88 Å². The van der Waals surface area contributed by atoms with Gasteiger partial charge in [0.2, 0.25) is 5.88 Å². The quantitative estimate of drug-likeness (QED) is 0.807. The SMILES string of the molecule is COc1cncc(NC(C)c2ccccc2N)n1. The average Bonchev–Trinajstić information content (AvgIpc) is 2.39. The molecule has 5 nitrogen and oxygen atoms in total. The third-order valence-corrected chi connectivity index (χ3v) is 2.65. The van der Waals surface area contributed by atoms with Gasteiger partial charge in [-0.25, -0.2) is 0 Å². The molecule has 94 valence electrons. The van der Waals surface area contributed by atoms with E-state index in [1.165, 1.54) is 0 Å². The Labute approximate surface area is 106 Å². The lowest BCUT2D eigenvalue weighted by atomic mass is 10.1. The Morgan fingerprint density at radius 1 is 1.28 bits per heavy atom. The third-order valence-electron chi connectivity index (χ3n) is 2.65. The highest BCUT2D eigenvalue weighted by atomic mass is 16.5. The molecule has 0 radical (unpaired) electrons. The second kappa shape index (κ2) is 5.35. The molecule has 0 spiro atoms. The van der Waals surface area contributed by atoms with Crippen molar-refractivity contribution in [1.29, 1.82) is 0 Å². The number of nitrogens with zero attached hydrogens (tertiary/aromatic N) is 2. The van der Waals surface area contributed by atoms with Gasteiger partial charge in [0.15, 0.2) is 0 Å². The first-order valence-corrected chi connectivity index (χ1v) is 5.67. The highest BCUT2D eigenvalue weighted by Gasteiger charge is 2.09. The van der Waals surface area contributed by atoms with Gasteiger partial charge < -0.3 is 15.8 Å². The van der Waals surface area contributed by atoms with E-state index in [0.717, 1.165) is 11.3 Å². The van der Waals surface area contributed by atoms with Gasteiger partial charge in [-0.3, -0.25) is 4.98 Å². The second-order valence-electron chi connectivity index (χ2n) is 3.94. The minimum atomic E-state index is 0.0487. The van der Waals surface area contributed by atoms with Crippen LogP contribution in [-0.4, -0.2) is 17.1 Å². The average molecular weight is 244 g/mol. The molecule has 18 heavy (non-hydrogen) atoms. The first kappa shape index (κ1) is 12.2. The van der Waals surface area contributed by atoms with Crippen LogP contribution in [0.15, 0.2) is 36.7 Å². The van der Waals surface area contributed by atoms with Crippen molar-refractivity contribution in [2.45, 2.75) is 13.0 Å². The molecule has 0 fully saturated rings. The lowest BCUT2D eigenvalue weighted by Gasteiger charge is -2.16. The maximum absolute atomic E-state index is 5.93. The third kappa shape index (κ3) is 2.68. The Bertz CT molecular complexity index is 530. The lowest BCUT2D eigenvalue weighted by molar-refractivity contribution is 0.396. The fraction of sp³-hybridized carbons (Fsp3) is 0.231. The van der Waals surface area contributed by atoms with Crippen LogP contribution < -0.4 is 15.8 Å². The van der Waals surface area contributed by atoms with Crippen LogP contribution in [-0.2, 0) is 0 Å². The van der Waals surface area contributed by atoms with Crippen LogP contribution in [0, 0.1) is 0 Å². The van der Waals surface area contributed by atoms with Crippen LogP contribution >= 0.6 is 0 Å². The number of hydrogen-bond acceptors (Lipinski definition) is 5. The van der Waals surface area contributed by atoms with E-state index >= 15 is 0 Å². The molecule has 0 aliphatic rings. The van der Waals surface area contributed by atoms with Crippen LogP contribution in [0.5, 0.6) is 5.88 Å². The number of para-hydroxylation sites is 1. The number of rotatable bonds is 4. The number of nitrogen functional groups attached to an aromatic ring is 1. The molecule has 0 amide bonds. The number of methoxy groups -OCH3 is 1. The second-order valence-corrected chi connectivity index (χ2v) is 3.94. The van der Waals surface area contributed by atoms with Gasteiger partial charge in [-0.2, -0.15) is 4.98 Å². The summed E-state index contributed by atoms with van der Waals surface area (Å²) in [5.41, 5.74) is 7.72. The number of anilines is 2. The Balaban J connectivity index is 2.16. The van der Waals surface area contributed by atoms with E-state index in [9.17, 15) is 0 Å². The molecule has 2 aromatic rings. The summed E-state index contributed by atoms with van der Waals surface area (Å²) in [5, 5.41) is 3.24. The Kier molecular flexibility index (Phi) is 3.62. The standard InChI is InChI=1S/C13H16N4O/c1-9(10-5-3-4-6-11(10)14)16-12-7-15-8-13(17-12)18-2/h3-9H,14H2,1-2H3,(H,16,17). The van der Waals surface area contributed by atoms with Gasteiger partial charge in [-0.1, -0.05) is 18.2 Å². The van der Waals surface area contributed by atoms with Crippen LogP contribution in [0.1, 0.15) is 18.5 Å². The zero-order chi connectivity index (χ0) is 13.0. The van der Waals surface area contributed by atoms with Crippen molar-refractivity contribution >= 4 is 11.5 Å². The number of nitrogens with one attached hydrogen (secondary N) is 1. The summed E-state index contributed by atoms with van der Waals surface area (Å²) in [4.78, 5) is 8.29. The summed E-state index contributed by atoms with van der Waals surface area (Å²) in [7, 11) is 1.56. The van der Waals surface area contributed by atoms with E-state index in [0.29, 0.717) is 11.7 Å². The minimum absolute atomic E-state index is 0.0487. The lowest BCUT2D eigenvalue weighted by Crippen LogP contribution is -2.10. The zero-order valence-corrected chi connectivity index (χ0v) is 10.4. The van der Waals surface area contributed by atoms with E-state index in [1.54, 1.807) is 19.5 Å². The molecule has 2 rings (SSSR count). The molecule has 0 saturated heterocycles. The van der Waals surface area contributed by atoms with Crippen molar-refractivity contribution in [1.82, 2.24) is 9.97 Å². The number of benzene rings is 1. The van der Waals surface area contributed by atoms with E-state index in [4.69, 9.17) is 10.5 Å². The topological polar surface area (TPSA) is 73.1 Å². The smallest absolute Gasteiger partial charge is 0.233 e. The van der Waals surface area contributed by atoms with Crippen molar-refractivity contribution < 1.29 is 4.74 Å². The fourth-order valence-electron chi connectivity index (χ4n) is 1.72. The highest BCUT2D eigenvalue weighted by Crippen LogP contribution is 2.23. The number of hydrogen-bond donors (Lipinski definition) is 2. The summed E-state index contributed by atoms with van der Waals surface area (Å²) in [6.07, 6.45) is 3.21. The first-order valence-electron chi connectivity index (χ1n) is 5.67. The molecular formula is C13H16N4O. The van der Waals surface area contributed by atoms with Crippen molar-refractivity contribution in [3.05, 3.63) is 42.2 Å². The molecule has 3 N–H and O–H groups in total. The van der Waals surface area contributed by atoms with Gasteiger partial charge in [0.25, 0.3) is 0 Å². The molecule has 1 aromatic heterocycles. The van der Waals surface area contributed by atoms with Gasteiger partial charge in [0.1, 0.15) is 5.82 Å². The van der Waals surface area contributed by atoms with E-state index in [1.807, 2.05) is 31.2 Å². The Hall–Kier alpha value is -2.30. The summed E-state index contributed by atoms with van der Waals surface area (Å²) in [5.74, 6) is 1.14. The van der Waals surface area contributed by atoms with Crippen molar-refractivity contribution in [2.24, 2.45) is 0 Å². The summed E-state index contributed by atoms with van der Waals surface area (Å²) < 4.78 is 5.03. The Morgan fingerprint density at radius 3 is 2.78 bits per heavy atom. The summed E-state index contributed by atoms with van der Waals surface area (Å²) in [6, 6.07) is 7.79. The van der Waals surface area contributed by atoms with Crippen LogP contribution in [0.25, 0.3) is 0 Å². The van der Waals surface area contributed by atoms with Crippen LogP contribution in [0.2, 0.25) is 0 Å². The van der Waals surface area contributed by atoms with Gasteiger partial charge in [-0.15, -0.1) is 0 Å². The molecule has 0 aliphatic heterocycles. The first-order chi connectivity index (χ1) is 8.70. The van der Waals surface area contributed by atoms with Crippen LogP contribution in [0.4, 0.5) is 11.5 Å². The van der Waals surface area contributed by atoms with E-state index in [2.05, 4.69) is 15.3 Å². The minimum Gasteiger partial charge on any atom is -0.480 e. The number of ether oxygens (including phenoxy) is 1. The van der Waals surface area contributed by atoms with Gasteiger partial charge >= 0.3 is 0 Å². The van der Waals surface area contributed by atoms with Crippen LogP contribution in [0.3, 0.4) is 0 Å². The molecule has 1 heterocycles. The van der Waals surface area contributed by atoms with Gasteiger partial charge in [0, 0.05) is 5.69 Å². The van der Waals surface area contributed by atoms with Crippen molar-refractivity contribution in [3.63, 3.8) is 0 Å². The largest absolute Gasteiger partial charge is 0.480 e. The molecule has 5 heteroatoms. The molecule has 0 saturated carbocycles.